The van der Waals surface area contributed by atoms with Gasteiger partial charge in [-0.05, 0) is 98.9 Å². The van der Waals surface area contributed by atoms with Crippen LogP contribution in [0.1, 0.15) is 25.0 Å². The molecule has 4 aromatic heterocycles. The summed E-state index contributed by atoms with van der Waals surface area (Å²) in [7, 11) is 0. The van der Waals surface area contributed by atoms with Gasteiger partial charge >= 0.3 is 0 Å². The van der Waals surface area contributed by atoms with E-state index in [0.29, 0.717) is 0 Å². The van der Waals surface area contributed by atoms with Gasteiger partial charge in [-0.25, -0.2) is 0 Å². The standard InChI is InChI=1S/C58H36N2O2/c1-58(2)47-19-8-6-15-43(47)54-48(58)27-26-41-38-14-7-9-20-49(38)59(56(41)54)36-24-29-51-46(32-36)53-37(16-11-21-52(53)62-51)35-23-28-50-45(31-35)40-18-10-17-39-44-30-34(33-12-4-3-5-13-33)22-25-42(44)57(61)60(50)55(39)40/h3-32H,1-2H3. The van der Waals surface area contributed by atoms with Gasteiger partial charge < -0.3 is 8.98 Å². The summed E-state index contributed by atoms with van der Waals surface area (Å²) in [6.07, 6.45) is 0. The number of fused-ring (bicyclic) bond motifs is 15. The van der Waals surface area contributed by atoms with Crippen molar-refractivity contribution >= 4 is 81.7 Å². The van der Waals surface area contributed by atoms with Crippen LogP contribution in [0.3, 0.4) is 0 Å². The van der Waals surface area contributed by atoms with Crippen molar-refractivity contribution in [1.29, 1.82) is 0 Å². The van der Waals surface area contributed by atoms with E-state index in [1.807, 2.05) is 16.5 Å². The summed E-state index contributed by atoms with van der Waals surface area (Å²) in [5.41, 5.74) is 16.7. The molecule has 0 saturated carbocycles. The van der Waals surface area contributed by atoms with Gasteiger partial charge in [0.25, 0.3) is 5.56 Å². The van der Waals surface area contributed by atoms with Gasteiger partial charge in [0, 0.05) is 59.8 Å². The predicted molar refractivity (Wildman–Crippen MR) is 257 cm³/mol. The predicted octanol–water partition coefficient (Wildman–Crippen LogP) is 14.8. The van der Waals surface area contributed by atoms with Crippen LogP contribution in [0, 0.1) is 0 Å². The molecule has 0 unspecified atom stereocenters. The van der Waals surface area contributed by atoms with E-state index in [0.717, 1.165) is 87.8 Å². The summed E-state index contributed by atoms with van der Waals surface area (Å²) in [6, 6.07) is 65.0. The largest absolute Gasteiger partial charge is 0.456 e. The van der Waals surface area contributed by atoms with Crippen LogP contribution in [0.5, 0.6) is 0 Å². The molecule has 4 nitrogen and oxygen atoms in total. The van der Waals surface area contributed by atoms with Gasteiger partial charge in [-0.15, -0.1) is 0 Å². The second kappa shape index (κ2) is 11.9. The molecule has 0 N–H and O–H groups in total. The Morgan fingerprint density at radius 1 is 0.435 bits per heavy atom. The number of aromatic nitrogens is 2. The molecule has 0 fully saturated rings. The third kappa shape index (κ3) is 4.28. The Bertz CT molecular complexity index is 4140. The lowest BCUT2D eigenvalue weighted by molar-refractivity contribution is 0.661. The van der Waals surface area contributed by atoms with Gasteiger partial charge in [0.15, 0.2) is 0 Å². The number of hydrogen-bond acceptors (Lipinski definition) is 2. The number of nitrogens with zero attached hydrogens (tertiary/aromatic N) is 2. The van der Waals surface area contributed by atoms with Gasteiger partial charge in [0.1, 0.15) is 11.2 Å². The number of furan rings is 1. The van der Waals surface area contributed by atoms with Gasteiger partial charge in [-0.1, -0.05) is 141 Å². The molecule has 4 heterocycles. The molecule has 62 heavy (non-hydrogen) atoms. The van der Waals surface area contributed by atoms with Crippen molar-refractivity contribution in [1.82, 2.24) is 8.97 Å². The Morgan fingerprint density at radius 2 is 1.15 bits per heavy atom. The summed E-state index contributed by atoms with van der Waals surface area (Å²) in [4.78, 5) is 14.5. The van der Waals surface area contributed by atoms with Crippen molar-refractivity contribution in [2.45, 2.75) is 19.3 Å². The zero-order valence-corrected chi connectivity index (χ0v) is 34.0. The second-order valence-electron chi connectivity index (χ2n) is 17.6. The average Bonchev–Trinajstić information content (AvgIpc) is 4.03. The van der Waals surface area contributed by atoms with Gasteiger partial charge in [-0.3, -0.25) is 9.20 Å². The summed E-state index contributed by atoms with van der Waals surface area (Å²) >= 11 is 0. The van der Waals surface area contributed by atoms with E-state index >= 15 is 0 Å². The number of hydrogen-bond donors (Lipinski definition) is 0. The molecular weight excluding hydrogens is 757 g/mol. The molecule has 0 radical (unpaired) electrons. The van der Waals surface area contributed by atoms with Crippen molar-refractivity contribution < 1.29 is 4.42 Å². The van der Waals surface area contributed by atoms with E-state index in [-0.39, 0.29) is 11.0 Å². The number of benzene rings is 9. The Hall–Kier alpha value is -7.95. The van der Waals surface area contributed by atoms with Crippen molar-refractivity contribution in [2.75, 3.05) is 0 Å². The highest BCUT2D eigenvalue weighted by molar-refractivity contribution is 6.22. The fraction of sp³-hybridized carbons (Fsp3) is 0.0517. The van der Waals surface area contributed by atoms with Crippen LogP contribution < -0.4 is 5.56 Å². The molecule has 1 aliphatic carbocycles. The quantitative estimate of drug-likeness (QED) is 0.167. The number of para-hydroxylation sites is 2. The van der Waals surface area contributed by atoms with Crippen molar-refractivity contribution in [3.63, 3.8) is 0 Å². The Labute approximate surface area is 355 Å². The molecule has 0 bridgehead atoms. The molecule has 1 aliphatic rings. The van der Waals surface area contributed by atoms with Crippen molar-refractivity contribution in [3.8, 4) is 39.1 Å². The van der Waals surface area contributed by atoms with E-state index in [1.165, 1.54) is 44.1 Å². The van der Waals surface area contributed by atoms with Crippen LogP contribution >= 0.6 is 0 Å². The first-order valence-corrected chi connectivity index (χ1v) is 21.4. The van der Waals surface area contributed by atoms with E-state index in [1.54, 1.807) is 0 Å². The zero-order valence-electron chi connectivity index (χ0n) is 34.0. The van der Waals surface area contributed by atoms with Gasteiger partial charge in [0.2, 0.25) is 0 Å². The second-order valence-corrected chi connectivity index (χ2v) is 17.6. The minimum absolute atomic E-state index is 0.00396. The Balaban J connectivity index is 1.000. The molecule has 14 rings (SSSR count). The lowest BCUT2D eigenvalue weighted by atomic mass is 9.82. The molecule has 0 atom stereocenters. The summed E-state index contributed by atoms with van der Waals surface area (Å²) in [5.74, 6) is 0. The monoisotopic (exact) mass is 792 g/mol. The minimum atomic E-state index is -0.114. The maximum absolute atomic E-state index is 14.5. The topological polar surface area (TPSA) is 39.5 Å². The van der Waals surface area contributed by atoms with Gasteiger partial charge in [-0.2, -0.15) is 0 Å². The van der Waals surface area contributed by atoms with Gasteiger partial charge in [0.05, 0.1) is 22.1 Å². The van der Waals surface area contributed by atoms with Crippen LogP contribution in [-0.2, 0) is 5.41 Å². The Morgan fingerprint density at radius 3 is 2.05 bits per heavy atom. The summed E-state index contributed by atoms with van der Waals surface area (Å²) < 4.78 is 11.0. The van der Waals surface area contributed by atoms with E-state index in [2.05, 4.69) is 188 Å². The molecule has 0 saturated heterocycles. The normalized spacial score (nSPS) is 13.5. The van der Waals surface area contributed by atoms with Crippen LogP contribution in [0.4, 0.5) is 0 Å². The van der Waals surface area contributed by atoms with E-state index in [4.69, 9.17) is 4.42 Å². The highest BCUT2D eigenvalue weighted by Gasteiger charge is 2.37. The highest BCUT2D eigenvalue weighted by atomic mass is 16.3. The van der Waals surface area contributed by atoms with E-state index < -0.39 is 0 Å². The minimum Gasteiger partial charge on any atom is -0.456 e. The van der Waals surface area contributed by atoms with Crippen LogP contribution in [0.25, 0.3) is 121 Å². The van der Waals surface area contributed by atoms with Crippen LogP contribution in [-0.4, -0.2) is 8.97 Å². The molecule has 290 valence electrons. The molecule has 9 aromatic carbocycles. The summed E-state index contributed by atoms with van der Waals surface area (Å²) in [6.45, 7) is 4.70. The lowest BCUT2D eigenvalue weighted by Crippen LogP contribution is -2.14. The third-order valence-electron chi connectivity index (χ3n) is 14.1. The third-order valence-corrected chi connectivity index (χ3v) is 14.1. The smallest absolute Gasteiger partial charge is 0.263 e. The van der Waals surface area contributed by atoms with Crippen molar-refractivity contribution in [3.05, 3.63) is 203 Å². The summed E-state index contributed by atoms with van der Waals surface area (Å²) in [5, 5.41) is 9.52. The first-order valence-electron chi connectivity index (χ1n) is 21.4. The lowest BCUT2D eigenvalue weighted by Gasteiger charge is -2.21. The number of pyridine rings is 1. The fourth-order valence-electron chi connectivity index (χ4n) is 11.3. The molecule has 0 aliphatic heterocycles. The molecule has 0 spiro atoms. The first kappa shape index (κ1) is 33.8. The highest BCUT2D eigenvalue weighted by Crippen LogP contribution is 2.53. The maximum Gasteiger partial charge on any atom is 0.263 e. The van der Waals surface area contributed by atoms with E-state index in [9.17, 15) is 4.79 Å². The van der Waals surface area contributed by atoms with Crippen LogP contribution in [0.15, 0.2) is 191 Å². The molecule has 13 aromatic rings. The SMILES string of the molecule is CC1(C)c2ccccc2-c2c1ccc1c3ccccc3n(-c3ccc4oc5cccc(-c6ccc7c(c6)c6cccc8c9cc(-c%10ccccc%10)ccc9c(=O)n7c86)c5c4c3)c21. The Kier molecular flexibility index (Phi) is 6.48. The molecular formula is C58H36N2O2. The molecule has 0 amide bonds. The fourth-order valence-corrected chi connectivity index (χ4v) is 11.3. The zero-order chi connectivity index (χ0) is 41.0. The van der Waals surface area contributed by atoms with Crippen LogP contribution in [0.2, 0.25) is 0 Å². The molecule has 4 heteroatoms. The maximum atomic E-state index is 14.5. The van der Waals surface area contributed by atoms with Crippen molar-refractivity contribution in [2.24, 2.45) is 0 Å². The number of rotatable bonds is 3. The first-order chi connectivity index (χ1) is 30.4. The average molecular weight is 793 g/mol.